The zero-order valence-corrected chi connectivity index (χ0v) is 16.7. The first kappa shape index (κ1) is 19.0. The number of rotatable bonds is 4. The van der Waals surface area contributed by atoms with Crippen LogP contribution in [-0.2, 0) is 20.0 Å². The van der Waals surface area contributed by atoms with Gasteiger partial charge in [0.1, 0.15) is 0 Å². The first-order valence-electron chi connectivity index (χ1n) is 8.01. The number of nitrogens with zero attached hydrogens (tertiary/aromatic N) is 1. The monoisotopic (exact) mass is 414 g/mol. The Hall–Kier alpha value is -1.77. The first-order valence-corrected chi connectivity index (χ1v) is 11.5. The minimum atomic E-state index is -3.81. The first-order chi connectivity index (χ1) is 12.1. The third kappa shape index (κ3) is 3.54. The highest BCUT2D eigenvalue weighted by molar-refractivity contribution is 7.93. The molecule has 1 N–H and O–H groups in total. The SMILES string of the molecule is Cc1cccc(S(=O)(=O)Nc2ccc(N3CCCS3(=O)=O)cc2Cl)c1C. The smallest absolute Gasteiger partial charge is 0.262 e. The van der Waals surface area contributed by atoms with Crippen molar-refractivity contribution in [2.45, 2.75) is 25.2 Å². The molecule has 0 unspecified atom stereocenters. The van der Waals surface area contributed by atoms with Crippen molar-refractivity contribution >= 4 is 43.0 Å². The number of halogens is 1. The zero-order chi connectivity index (χ0) is 19.1. The second-order valence-corrected chi connectivity index (χ2v) is 10.3. The fourth-order valence-electron chi connectivity index (χ4n) is 2.89. The molecular formula is C17H19ClN2O4S2. The Morgan fingerprint density at radius 3 is 2.50 bits per heavy atom. The molecule has 1 fully saturated rings. The van der Waals surface area contributed by atoms with Crippen LogP contribution in [0.5, 0.6) is 0 Å². The van der Waals surface area contributed by atoms with Gasteiger partial charge in [-0.05, 0) is 55.7 Å². The number of anilines is 2. The fourth-order valence-corrected chi connectivity index (χ4v) is 6.12. The van der Waals surface area contributed by atoms with Gasteiger partial charge in [0.15, 0.2) is 0 Å². The van der Waals surface area contributed by atoms with Crippen molar-refractivity contribution in [3.63, 3.8) is 0 Å². The lowest BCUT2D eigenvalue weighted by atomic mass is 10.1. The number of nitrogens with one attached hydrogen (secondary N) is 1. The zero-order valence-electron chi connectivity index (χ0n) is 14.4. The average Bonchev–Trinajstić information content (AvgIpc) is 2.91. The molecule has 2 aromatic rings. The standard InChI is InChI=1S/C17H19ClN2O4S2/c1-12-5-3-6-17(13(12)2)26(23,24)19-16-8-7-14(11-15(16)18)20-9-4-10-25(20,21)22/h3,5-8,11,19H,4,9-10H2,1-2H3. The third-order valence-electron chi connectivity index (χ3n) is 4.43. The van der Waals surface area contributed by atoms with Crippen LogP contribution >= 0.6 is 11.6 Å². The molecule has 9 heteroatoms. The molecule has 1 saturated heterocycles. The van der Waals surface area contributed by atoms with E-state index >= 15 is 0 Å². The number of sulfonamides is 2. The number of benzene rings is 2. The Morgan fingerprint density at radius 1 is 1.15 bits per heavy atom. The van der Waals surface area contributed by atoms with E-state index < -0.39 is 20.0 Å². The fraction of sp³-hybridized carbons (Fsp3) is 0.294. The van der Waals surface area contributed by atoms with E-state index in [-0.39, 0.29) is 21.4 Å². The normalized spacial score (nSPS) is 16.7. The second kappa shape index (κ2) is 6.75. The van der Waals surface area contributed by atoms with E-state index in [1.54, 1.807) is 19.1 Å². The summed E-state index contributed by atoms with van der Waals surface area (Å²) in [7, 11) is -7.13. The summed E-state index contributed by atoms with van der Waals surface area (Å²) in [4.78, 5) is 0.180. The molecule has 26 heavy (non-hydrogen) atoms. The van der Waals surface area contributed by atoms with Gasteiger partial charge in [-0.1, -0.05) is 23.7 Å². The minimum Gasteiger partial charge on any atom is -0.278 e. The molecule has 0 saturated carbocycles. The Morgan fingerprint density at radius 2 is 1.88 bits per heavy atom. The predicted octanol–water partition coefficient (Wildman–Crippen LogP) is 3.30. The van der Waals surface area contributed by atoms with E-state index in [2.05, 4.69) is 4.72 Å². The summed E-state index contributed by atoms with van der Waals surface area (Å²) in [5.74, 6) is 0.103. The lowest BCUT2D eigenvalue weighted by Gasteiger charge is -2.18. The van der Waals surface area contributed by atoms with Crippen LogP contribution in [0.15, 0.2) is 41.3 Å². The van der Waals surface area contributed by atoms with Crippen LogP contribution in [-0.4, -0.2) is 29.1 Å². The molecule has 0 spiro atoms. The van der Waals surface area contributed by atoms with E-state index in [4.69, 9.17) is 11.6 Å². The van der Waals surface area contributed by atoms with E-state index in [0.29, 0.717) is 24.2 Å². The molecule has 0 amide bonds. The van der Waals surface area contributed by atoms with Crippen LogP contribution in [0.1, 0.15) is 17.5 Å². The minimum absolute atomic E-state index is 0.103. The molecule has 0 aliphatic carbocycles. The Kier molecular flexibility index (Phi) is 4.94. The van der Waals surface area contributed by atoms with Gasteiger partial charge in [-0.15, -0.1) is 0 Å². The summed E-state index contributed by atoms with van der Waals surface area (Å²) >= 11 is 6.22. The van der Waals surface area contributed by atoms with Gasteiger partial charge < -0.3 is 0 Å². The Balaban J connectivity index is 1.92. The molecular weight excluding hydrogens is 396 g/mol. The summed E-state index contributed by atoms with van der Waals surface area (Å²) in [5, 5.41) is 0.137. The number of hydrogen-bond donors (Lipinski definition) is 1. The lowest BCUT2D eigenvalue weighted by Crippen LogP contribution is -2.25. The Bertz CT molecular complexity index is 1070. The highest BCUT2D eigenvalue weighted by Crippen LogP contribution is 2.32. The summed E-state index contributed by atoms with van der Waals surface area (Å²) in [6.07, 6.45) is 0.557. The molecule has 2 aromatic carbocycles. The highest BCUT2D eigenvalue weighted by Gasteiger charge is 2.29. The highest BCUT2D eigenvalue weighted by atomic mass is 35.5. The number of hydrogen-bond acceptors (Lipinski definition) is 4. The largest absolute Gasteiger partial charge is 0.278 e. The van der Waals surface area contributed by atoms with Gasteiger partial charge in [0.25, 0.3) is 10.0 Å². The number of aryl methyl sites for hydroxylation is 1. The van der Waals surface area contributed by atoms with Crippen molar-refractivity contribution in [1.29, 1.82) is 0 Å². The summed E-state index contributed by atoms with van der Waals surface area (Å²) in [6.45, 7) is 3.98. The van der Waals surface area contributed by atoms with E-state index in [1.165, 1.54) is 22.5 Å². The van der Waals surface area contributed by atoms with Crippen LogP contribution in [0, 0.1) is 13.8 Å². The van der Waals surface area contributed by atoms with E-state index in [9.17, 15) is 16.8 Å². The van der Waals surface area contributed by atoms with Crippen molar-refractivity contribution in [2.75, 3.05) is 21.3 Å². The van der Waals surface area contributed by atoms with Crippen molar-refractivity contribution in [3.8, 4) is 0 Å². The van der Waals surface area contributed by atoms with Gasteiger partial charge in [0, 0.05) is 6.54 Å². The molecule has 1 aliphatic rings. The second-order valence-electron chi connectivity index (χ2n) is 6.21. The van der Waals surface area contributed by atoms with Crippen molar-refractivity contribution in [1.82, 2.24) is 0 Å². The molecule has 3 rings (SSSR count). The van der Waals surface area contributed by atoms with Gasteiger partial charge in [-0.3, -0.25) is 9.03 Å². The van der Waals surface area contributed by atoms with Crippen LogP contribution in [0.2, 0.25) is 5.02 Å². The maximum absolute atomic E-state index is 12.7. The molecule has 0 aromatic heterocycles. The molecule has 0 atom stereocenters. The van der Waals surface area contributed by atoms with E-state index in [0.717, 1.165) is 5.56 Å². The summed E-state index contributed by atoms with van der Waals surface area (Å²) in [6, 6.07) is 9.55. The molecule has 1 heterocycles. The van der Waals surface area contributed by atoms with Gasteiger partial charge in [0.05, 0.1) is 27.0 Å². The van der Waals surface area contributed by atoms with Crippen molar-refractivity contribution < 1.29 is 16.8 Å². The molecule has 140 valence electrons. The van der Waals surface area contributed by atoms with Crippen LogP contribution in [0.25, 0.3) is 0 Å². The van der Waals surface area contributed by atoms with Gasteiger partial charge in [-0.25, -0.2) is 16.8 Å². The summed E-state index contributed by atoms with van der Waals surface area (Å²) in [5.41, 5.74) is 2.17. The van der Waals surface area contributed by atoms with Crippen LogP contribution in [0.3, 0.4) is 0 Å². The maximum atomic E-state index is 12.7. The molecule has 6 nitrogen and oxygen atoms in total. The van der Waals surface area contributed by atoms with Crippen molar-refractivity contribution in [2.24, 2.45) is 0 Å². The lowest BCUT2D eigenvalue weighted by molar-refractivity contribution is 0.598. The van der Waals surface area contributed by atoms with Gasteiger partial charge >= 0.3 is 0 Å². The summed E-state index contributed by atoms with van der Waals surface area (Å²) < 4.78 is 53.2. The maximum Gasteiger partial charge on any atom is 0.262 e. The Labute approximate surface area is 158 Å². The van der Waals surface area contributed by atoms with Gasteiger partial charge in [-0.2, -0.15) is 0 Å². The molecule has 0 radical (unpaired) electrons. The quantitative estimate of drug-likeness (QED) is 0.831. The average molecular weight is 415 g/mol. The molecule has 0 bridgehead atoms. The van der Waals surface area contributed by atoms with Crippen LogP contribution in [0.4, 0.5) is 11.4 Å². The van der Waals surface area contributed by atoms with Crippen molar-refractivity contribution in [3.05, 3.63) is 52.5 Å². The topological polar surface area (TPSA) is 83.6 Å². The van der Waals surface area contributed by atoms with Gasteiger partial charge in [0.2, 0.25) is 10.0 Å². The third-order valence-corrected chi connectivity index (χ3v) is 8.12. The van der Waals surface area contributed by atoms with Crippen LogP contribution < -0.4 is 9.03 Å². The van der Waals surface area contributed by atoms with E-state index in [1.807, 2.05) is 13.0 Å². The predicted molar refractivity (Wildman–Crippen MR) is 104 cm³/mol. The molecule has 1 aliphatic heterocycles.